The number of epoxide rings is 1. The highest BCUT2D eigenvalue weighted by Crippen LogP contribution is 2.26. The second kappa shape index (κ2) is 4.95. The summed E-state index contributed by atoms with van der Waals surface area (Å²) < 4.78 is 10.4. The molecule has 94 valence electrons. The number of aliphatic hydroxyl groups excluding tert-OH is 4. The van der Waals surface area contributed by atoms with Crippen LogP contribution in [0.1, 0.15) is 12.8 Å². The topological polar surface area (TPSA) is 103 Å². The highest BCUT2D eigenvalue weighted by Gasteiger charge is 2.43. The minimum Gasteiger partial charge on any atom is -0.394 e. The van der Waals surface area contributed by atoms with E-state index in [0.717, 1.165) is 13.0 Å². The van der Waals surface area contributed by atoms with Crippen LogP contribution < -0.4 is 0 Å². The van der Waals surface area contributed by atoms with Gasteiger partial charge < -0.3 is 29.9 Å². The summed E-state index contributed by atoms with van der Waals surface area (Å²) in [7, 11) is 0. The molecule has 0 saturated carbocycles. The van der Waals surface area contributed by atoms with Crippen molar-refractivity contribution in [2.75, 3.05) is 13.2 Å². The molecule has 0 bridgehead atoms. The Morgan fingerprint density at radius 3 is 2.12 bits per heavy atom. The summed E-state index contributed by atoms with van der Waals surface area (Å²) in [6, 6.07) is 0. The Labute approximate surface area is 93.4 Å². The van der Waals surface area contributed by atoms with Gasteiger partial charge >= 0.3 is 0 Å². The molecule has 2 fully saturated rings. The lowest BCUT2D eigenvalue weighted by Crippen LogP contribution is -2.58. The fourth-order valence-electron chi connectivity index (χ4n) is 2.00. The minimum absolute atomic E-state index is 0.229. The van der Waals surface area contributed by atoms with Gasteiger partial charge in [0.25, 0.3) is 0 Å². The zero-order chi connectivity index (χ0) is 11.7. The Hall–Kier alpha value is -0.240. The standard InChI is InChI=1S/C10H18O6/c11-3-7-9(13)10(14)8(12)6(16-7)2-1-5-4-15-5/h5-14H,1-4H2/t5?,6-,7+,8-,9+,10+/m0/s1. The van der Waals surface area contributed by atoms with Gasteiger partial charge in [-0.15, -0.1) is 0 Å². The number of hydrogen-bond acceptors (Lipinski definition) is 6. The SMILES string of the molecule is OC[C@H]1O[C@@H](CCC2CO2)[C@H](O)[C@@H](O)[C@@H]1O. The molecule has 6 nitrogen and oxygen atoms in total. The van der Waals surface area contributed by atoms with Gasteiger partial charge in [0.15, 0.2) is 0 Å². The molecule has 0 spiro atoms. The van der Waals surface area contributed by atoms with Gasteiger partial charge in [-0.25, -0.2) is 0 Å². The van der Waals surface area contributed by atoms with E-state index in [1.165, 1.54) is 0 Å². The van der Waals surface area contributed by atoms with E-state index in [9.17, 15) is 15.3 Å². The molecule has 2 heterocycles. The molecule has 16 heavy (non-hydrogen) atoms. The molecule has 1 unspecified atom stereocenters. The summed E-state index contributed by atoms with van der Waals surface area (Å²) >= 11 is 0. The predicted octanol–water partition coefficient (Wildman–Crippen LogP) is -1.99. The van der Waals surface area contributed by atoms with Crippen LogP contribution in [0.5, 0.6) is 0 Å². The maximum absolute atomic E-state index is 9.70. The first-order valence-electron chi connectivity index (χ1n) is 5.55. The van der Waals surface area contributed by atoms with Crippen LogP contribution in [0.3, 0.4) is 0 Å². The molecule has 2 saturated heterocycles. The summed E-state index contributed by atoms with van der Waals surface area (Å²) in [5, 5.41) is 37.7. The molecule has 0 aromatic rings. The average Bonchev–Trinajstić information content (AvgIpc) is 3.09. The van der Waals surface area contributed by atoms with Crippen LogP contribution in [0.15, 0.2) is 0 Å². The van der Waals surface area contributed by atoms with E-state index < -0.39 is 30.5 Å². The Balaban J connectivity index is 1.89. The van der Waals surface area contributed by atoms with Crippen LogP contribution in [-0.4, -0.2) is 70.3 Å². The van der Waals surface area contributed by atoms with Crippen molar-refractivity contribution in [1.82, 2.24) is 0 Å². The summed E-state index contributed by atoms with van der Waals surface area (Å²) in [4.78, 5) is 0. The fourth-order valence-corrected chi connectivity index (χ4v) is 2.00. The second-order valence-electron chi connectivity index (χ2n) is 4.40. The second-order valence-corrected chi connectivity index (χ2v) is 4.40. The van der Waals surface area contributed by atoms with Gasteiger partial charge in [0, 0.05) is 0 Å². The van der Waals surface area contributed by atoms with Crippen molar-refractivity contribution in [2.45, 2.75) is 49.5 Å². The number of hydrogen-bond donors (Lipinski definition) is 4. The van der Waals surface area contributed by atoms with E-state index in [1.807, 2.05) is 0 Å². The van der Waals surface area contributed by atoms with Gasteiger partial charge in [0.05, 0.1) is 25.4 Å². The first kappa shape index (κ1) is 12.2. The Morgan fingerprint density at radius 1 is 0.938 bits per heavy atom. The highest BCUT2D eigenvalue weighted by molar-refractivity contribution is 4.92. The number of aliphatic hydroxyl groups is 4. The van der Waals surface area contributed by atoms with Gasteiger partial charge in [0.1, 0.15) is 24.4 Å². The first-order chi connectivity index (χ1) is 7.63. The zero-order valence-corrected chi connectivity index (χ0v) is 8.90. The molecular weight excluding hydrogens is 216 g/mol. The molecule has 0 aliphatic carbocycles. The third-order valence-electron chi connectivity index (χ3n) is 3.17. The molecule has 0 amide bonds. The zero-order valence-electron chi connectivity index (χ0n) is 8.90. The number of rotatable bonds is 4. The van der Waals surface area contributed by atoms with E-state index in [0.29, 0.717) is 6.42 Å². The van der Waals surface area contributed by atoms with Crippen molar-refractivity contribution in [1.29, 1.82) is 0 Å². The maximum atomic E-state index is 9.70. The lowest BCUT2D eigenvalue weighted by molar-refractivity contribution is -0.230. The van der Waals surface area contributed by atoms with Crippen molar-refractivity contribution in [3.05, 3.63) is 0 Å². The molecular formula is C10H18O6. The molecule has 0 radical (unpaired) electrons. The largest absolute Gasteiger partial charge is 0.394 e. The van der Waals surface area contributed by atoms with Gasteiger partial charge in [0.2, 0.25) is 0 Å². The van der Waals surface area contributed by atoms with Crippen molar-refractivity contribution in [3.8, 4) is 0 Å². The molecule has 0 aromatic carbocycles. The van der Waals surface area contributed by atoms with E-state index in [4.69, 9.17) is 14.6 Å². The Bertz CT molecular complexity index is 229. The predicted molar refractivity (Wildman–Crippen MR) is 52.7 cm³/mol. The monoisotopic (exact) mass is 234 g/mol. The summed E-state index contributed by atoms with van der Waals surface area (Å²) in [5.41, 5.74) is 0. The maximum Gasteiger partial charge on any atom is 0.111 e. The molecule has 6 heteroatoms. The fraction of sp³-hybridized carbons (Fsp3) is 1.00. The lowest BCUT2D eigenvalue weighted by Gasteiger charge is -2.40. The summed E-state index contributed by atoms with van der Waals surface area (Å²) in [6.07, 6.45) is -3.48. The third-order valence-corrected chi connectivity index (χ3v) is 3.17. The van der Waals surface area contributed by atoms with Gasteiger partial charge in [-0.3, -0.25) is 0 Å². The average molecular weight is 234 g/mol. The van der Waals surface area contributed by atoms with Crippen LogP contribution >= 0.6 is 0 Å². The lowest BCUT2D eigenvalue weighted by atomic mass is 9.92. The van der Waals surface area contributed by atoms with Crippen LogP contribution in [-0.2, 0) is 9.47 Å². The van der Waals surface area contributed by atoms with Crippen molar-refractivity contribution < 1.29 is 29.9 Å². The van der Waals surface area contributed by atoms with Crippen molar-refractivity contribution >= 4 is 0 Å². The Morgan fingerprint density at radius 2 is 1.56 bits per heavy atom. The smallest absolute Gasteiger partial charge is 0.111 e. The Kier molecular flexibility index (Phi) is 3.78. The molecule has 0 aromatic heterocycles. The van der Waals surface area contributed by atoms with E-state index in [2.05, 4.69) is 0 Å². The summed E-state index contributed by atoms with van der Waals surface area (Å²) in [5.74, 6) is 0. The van der Waals surface area contributed by atoms with Gasteiger partial charge in [-0.1, -0.05) is 0 Å². The minimum atomic E-state index is -1.27. The first-order valence-corrected chi connectivity index (χ1v) is 5.55. The number of ether oxygens (including phenoxy) is 2. The molecule has 2 aliphatic rings. The molecule has 2 aliphatic heterocycles. The van der Waals surface area contributed by atoms with Crippen LogP contribution in [0.2, 0.25) is 0 Å². The molecule has 2 rings (SSSR count). The molecule has 4 N–H and O–H groups in total. The van der Waals surface area contributed by atoms with E-state index >= 15 is 0 Å². The van der Waals surface area contributed by atoms with Crippen LogP contribution in [0.25, 0.3) is 0 Å². The summed E-state index contributed by atoms with van der Waals surface area (Å²) in [6.45, 7) is 0.360. The molecule has 6 atom stereocenters. The van der Waals surface area contributed by atoms with Crippen LogP contribution in [0, 0.1) is 0 Å². The van der Waals surface area contributed by atoms with Gasteiger partial charge in [-0.05, 0) is 12.8 Å². The van der Waals surface area contributed by atoms with E-state index in [1.54, 1.807) is 0 Å². The highest BCUT2D eigenvalue weighted by atomic mass is 16.6. The van der Waals surface area contributed by atoms with Crippen molar-refractivity contribution in [3.63, 3.8) is 0 Å². The van der Waals surface area contributed by atoms with E-state index in [-0.39, 0.29) is 12.7 Å². The van der Waals surface area contributed by atoms with Crippen molar-refractivity contribution in [2.24, 2.45) is 0 Å². The quantitative estimate of drug-likeness (QED) is 0.420. The van der Waals surface area contributed by atoms with Gasteiger partial charge in [-0.2, -0.15) is 0 Å². The van der Waals surface area contributed by atoms with Crippen LogP contribution in [0.4, 0.5) is 0 Å². The normalized spacial score (nSPS) is 48.0. The third kappa shape index (κ3) is 2.53.